The quantitative estimate of drug-likeness (QED) is 0.450. The van der Waals surface area contributed by atoms with Crippen LogP contribution in [0.25, 0.3) is 11.3 Å². The largest absolute Gasteiger partial charge is 0.354 e. The van der Waals surface area contributed by atoms with Crippen molar-refractivity contribution in [1.82, 2.24) is 4.90 Å². The fraction of sp³-hybridized carbons (Fsp3) is 0.214. The molecule has 0 bridgehead atoms. The van der Waals surface area contributed by atoms with Crippen molar-refractivity contribution in [3.05, 3.63) is 89.7 Å². The van der Waals surface area contributed by atoms with Crippen molar-refractivity contribution in [3.8, 4) is 0 Å². The van der Waals surface area contributed by atoms with Gasteiger partial charge in [0.05, 0.1) is 17.0 Å². The summed E-state index contributed by atoms with van der Waals surface area (Å²) in [4.78, 5) is 29.3. The highest BCUT2D eigenvalue weighted by atomic mass is 19.1. The number of nitrogens with zero attached hydrogens (tertiary/aromatic N) is 2. The lowest BCUT2D eigenvalue weighted by Gasteiger charge is -2.24. The van der Waals surface area contributed by atoms with Crippen LogP contribution in [0.4, 0.5) is 21.5 Å². The van der Waals surface area contributed by atoms with Crippen LogP contribution in [0, 0.1) is 5.82 Å². The summed E-state index contributed by atoms with van der Waals surface area (Å²) in [6, 6.07) is 21.4. The summed E-state index contributed by atoms with van der Waals surface area (Å²) < 4.78 is 13.8. The Bertz CT molecular complexity index is 1250. The fourth-order valence-corrected chi connectivity index (χ4v) is 4.03. The molecule has 35 heavy (non-hydrogen) atoms. The number of hydrogen-bond acceptors (Lipinski definition) is 4. The van der Waals surface area contributed by atoms with E-state index < -0.39 is 5.82 Å². The van der Waals surface area contributed by atoms with E-state index in [9.17, 15) is 14.0 Å². The third-order valence-electron chi connectivity index (χ3n) is 5.86. The third-order valence-corrected chi connectivity index (χ3v) is 5.86. The average molecular weight is 473 g/mol. The molecular weight excluding hydrogens is 443 g/mol. The van der Waals surface area contributed by atoms with Crippen LogP contribution in [0.15, 0.2) is 72.8 Å². The number of benzene rings is 3. The zero-order valence-electron chi connectivity index (χ0n) is 20.1. The lowest BCUT2D eigenvalue weighted by molar-refractivity contribution is -0.118. The Morgan fingerprint density at radius 1 is 0.971 bits per heavy atom. The minimum absolute atomic E-state index is 0.0612. The molecule has 0 unspecified atom stereocenters. The first-order valence-electron chi connectivity index (χ1n) is 11.6. The van der Waals surface area contributed by atoms with E-state index in [2.05, 4.69) is 10.6 Å². The molecule has 2 amide bonds. The number of anilines is 3. The summed E-state index contributed by atoms with van der Waals surface area (Å²) in [5.41, 5.74) is 4.57. The molecule has 1 aliphatic heterocycles. The van der Waals surface area contributed by atoms with E-state index in [1.54, 1.807) is 11.0 Å². The molecule has 4 rings (SSSR count). The molecule has 3 aromatic rings. The summed E-state index contributed by atoms with van der Waals surface area (Å²) in [6.07, 6.45) is 0.423. The van der Waals surface area contributed by atoms with Crippen LogP contribution in [-0.4, -0.2) is 43.9 Å². The molecule has 6 nitrogen and oxygen atoms in total. The van der Waals surface area contributed by atoms with Crippen LogP contribution in [0.1, 0.15) is 24.5 Å². The summed E-state index contributed by atoms with van der Waals surface area (Å²) in [6.45, 7) is 3.21. The van der Waals surface area contributed by atoms with Crippen molar-refractivity contribution in [2.75, 3.05) is 42.7 Å². The summed E-state index contributed by atoms with van der Waals surface area (Å²) in [5.74, 6) is -0.640. The molecule has 0 fully saturated rings. The van der Waals surface area contributed by atoms with Crippen molar-refractivity contribution in [3.63, 3.8) is 0 Å². The predicted molar refractivity (Wildman–Crippen MR) is 140 cm³/mol. The first-order valence-corrected chi connectivity index (χ1v) is 11.6. The zero-order chi connectivity index (χ0) is 24.9. The Morgan fingerprint density at radius 2 is 1.69 bits per heavy atom. The topological polar surface area (TPSA) is 64.7 Å². The van der Waals surface area contributed by atoms with Crippen molar-refractivity contribution in [1.29, 1.82) is 0 Å². The number of nitrogens with one attached hydrogen (secondary N) is 2. The molecule has 2 N–H and O–H groups in total. The lowest BCUT2D eigenvalue weighted by Crippen LogP contribution is -2.36. The van der Waals surface area contributed by atoms with Gasteiger partial charge in [-0.2, -0.15) is 0 Å². The molecule has 0 aliphatic carbocycles. The molecule has 1 heterocycles. The first-order chi connectivity index (χ1) is 16.9. The van der Waals surface area contributed by atoms with E-state index in [0.29, 0.717) is 35.5 Å². The smallest absolute Gasteiger partial charge is 0.258 e. The Balaban J connectivity index is 1.70. The minimum atomic E-state index is -0.407. The highest BCUT2D eigenvalue weighted by molar-refractivity contribution is 6.37. The number of rotatable bonds is 8. The van der Waals surface area contributed by atoms with Crippen molar-refractivity contribution < 1.29 is 14.0 Å². The molecular formula is C28H29FN4O2. The number of hydrogen-bond donors (Lipinski definition) is 2. The van der Waals surface area contributed by atoms with Crippen molar-refractivity contribution in [2.45, 2.75) is 13.3 Å². The van der Waals surface area contributed by atoms with E-state index in [-0.39, 0.29) is 11.8 Å². The Morgan fingerprint density at radius 3 is 2.34 bits per heavy atom. The molecule has 0 spiro atoms. The summed E-state index contributed by atoms with van der Waals surface area (Å²) >= 11 is 0. The van der Waals surface area contributed by atoms with Gasteiger partial charge in [0.15, 0.2) is 0 Å². The average Bonchev–Trinajstić information content (AvgIpc) is 3.18. The van der Waals surface area contributed by atoms with Gasteiger partial charge in [0, 0.05) is 36.4 Å². The van der Waals surface area contributed by atoms with Gasteiger partial charge in [0.25, 0.3) is 5.91 Å². The van der Waals surface area contributed by atoms with Gasteiger partial charge < -0.3 is 20.4 Å². The monoisotopic (exact) mass is 472 g/mol. The van der Waals surface area contributed by atoms with E-state index in [0.717, 1.165) is 23.5 Å². The van der Waals surface area contributed by atoms with Gasteiger partial charge in [-0.3, -0.25) is 9.59 Å². The number of carbonyl (C=O) groups excluding carboxylic acids is 2. The summed E-state index contributed by atoms with van der Waals surface area (Å²) in [7, 11) is 3.96. The lowest BCUT2D eigenvalue weighted by atomic mass is 10.00. The number of fused-ring (bicyclic) bond motifs is 1. The molecule has 0 saturated heterocycles. The van der Waals surface area contributed by atoms with Gasteiger partial charge in [-0.25, -0.2) is 4.39 Å². The Labute approximate surface area is 205 Å². The standard InChI is InChI=1S/C28H29FN4O2/c1-4-25(34)33(17-16-32(2)3)22-13-11-21(12-14-22)30-27(19-8-6-5-7-9-19)26-23-15-10-20(29)18-24(23)31-28(26)35/h5-15,18,30H,4,16-17H2,1-3H3,(H,31,35). The number of likely N-dealkylation sites (N-methyl/N-ethyl adjacent to an activating group) is 1. The first kappa shape index (κ1) is 24.2. The van der Waals surface area contributed by atoms with E-state index >= 15 is 0 Å². The van der Waals surface area contributed by atoms with E-state index in [4.69, 9.17) is 0 Å². The number of halogens is 1. The van der Waals surface area contributed by atoms with Crippen LogP contribution in [-0.2, 0) is 9.59 Å². The number of carbonyl (C=O) groups is 2. The molecule has 1 aliphatic rings. The normalized spacial score (nSPS) is 13.9. The van der Waals surface area contributed by atoms with Crippen molar-refractivity contribution in [2.24, 2.45) is 0 Å². The van der Waals surface area contributed by atoms with Crippen LogP contribution in [0.3, 0.4) is 0 Å². The maximum Gasteiger partial charge on any atom is 0.258 e. The second-order valence-corrected chi connectivity index (χ2v) is 8.63. The summed E-state index contributed by atoms with van der Waals surface area (Å²) in [5, 5.41) is 6.16. The van der Waals surface area contributed by atoms with Crippen LogP contribution < -0.4 is 15.5 Å². The maximum atomic E-state index is 13.8. The molecule has 0 saturated carbocycles. The molecule has 180 valence electrons. The van der Waals surface area contributed by atoms with Crippen molar-refractivity contribution >= 4 is 40.1 Å². The third kappa shape index (κ3) is 5.41. The van der Waals surface area contributed by atoms with Crippen LogP contribution in [0.5, 0.6) is 0 Å². The SMILES string of the molecule is CCC(=O)N(CCN(C)C)c1ccc(NC(=C2C(=O)Nc3cc(F)ccc32)c2ccccc2)cc1. The second kappa shape index (κ2) is 10.5. The van der Waals surface area contributed by atoms with Crippen LogP contribution >= 0.6 is 0 Å². The molecule has 7 heteroatoms. The predicted octanol–water partition coefficient (Wildman–Crippen LogP) is 5.06. The highest BCUT2D eigenvalue weighted by Gasteiger charge is 2.28. The Kier molecular flexibility index (Phi) is 7.27. The molecule has 0 radical (unpaired) electrons. The van der Waals surface area contributed by atoms with Crippen LogP contribution in [0.2, 0.25) is 0 Å². The van der Waals surface area contributed by atoms with E-state index in [1.807, 2.05) is 80.5 Å². The maximum absolute atomic E-state index is 13.8. The highest BCUT2D eigenvalue weighted by Crippen LogP contribution is 2.38. The zero-order valence-corrected chi connectivity index (χ0v) is 20.1. The fourth-order valence-electron chi connectivity index (χ4n) is 4.03. The molecule has 0 atom stereocenters. The van der Waals surface area contributed by atoms with Gasteiger partial charge in [-0.15, -0.1) is 0 Å². The number of amides is 2. The van der Waals surface area contributed by atoms with Gasteiger partial charge in [-0.1, -0.05) is 37.3 Å². The second-order valence-electron chi connectivity index (χ2n) is 8.63. The van der Waals surface area contributed by atoms with E-state index in [1.165, 1.54) is 12.1 Å². The van der Waals surface area contributed by atoms with Gasteiger partial charge >= 0.3 is 0 Å². The van der Waals surface area contributed by atoms with Gasteiger partial charge in [0.2, 0.25) is 5.91 Å². The minimum Gasteiger partial charge on any atom is -0.354 e. The van der Waals surface area contributed by atoms with Gasteiger partial charge in [0.1, 0.15) is 5.82 Å². The Hall–Kier alpha value is -3.97. The molecule has 0 aromatic heterocycles. The molecule has 3 aromatic carbocycles. The van der Waals surface area contributed by atoms with Gasteiger partial charge in [-0.05, 0) is 62.1 Å².